The van der Waals surface area contributed by atoms with Gasteiger partial charge in [-0.05, 0) is 72.5 Å². The number of hydrogen-bond donors (Lipinski definition) is 0. The molecule has 2 heterocycles. The fourth-order valence-corrected chi connectivity index (χ4v) is 3.13. The van der Waals surface area contributed by atoms with Crippen molar-refractivity contribution < 1.29 is 4.42 Å². The zero-order valence-corrected chi connectivity index (χ0v) is 14.0. The molecule has 1 aromatic heterocycles. The monoisotopic (exact) mass is 316 g/mol. The standard InChI is InChI=1S/C21H20N2O/c1-15-10-17-13-23(14-18(17)11-16(15)2)20-7-5-19(6-8-20)22-12-21-4-3-9-24-21/h3-12H,13-14H2,1-2H3. The summed E-state index contributed by atoms with van der Waals surface area (Å²) in [6.45, 7) is 6.32. The lowest BCUT2D eigenvalue weighted by Crippen LogP contribution is -2.13. The third-order valence-electron chi connectivity index (χ3n) is 4.64. The molecule has 4 rings (SSSR count). The lowest BCUT2D eigenvalue weighted by Gasteiger charge is -2.17. The zero-order chi connectivity index (χ0) is 16.5. The van der Waals surface area contributed by atoms with E-state index in [2.05, 4.69) is 48.0 Å². The molecule has 2 aromatic carbocycles. The van der Waals surface area contributed by atoms with E-state index >= 15 is 0 Å². The Morgan fingerprint density at radius 2 is 1.62 bits per heavy atom. The molecule has 1 aliphatic heterocycles. The van der Waals surface area contributed by atoms with Gasteiger partial charge in [-0.3, -0.25) is 4.99 Å². The van der Waals surface area contributed by atoms with Crippen LogP contribution in [0.25, 0.3) is 0 Å². The number of furan rings is 1. The predicted molar refractivity (Wildman–Crippen MR) is 98.2 cm³/mol. The van der Waals surface area contributed by atoms with Crippen LogP contribution >= 0.6 is 0 Å². The summed E-state index contributed by atoms with van der Waals surface area (Å²) in [5.41, 5.74) is 7.80. The zero-order valence-electron chi connectivity index (χ0n) is 14.0. The van der Waals surface area contributed by atoms with E-state index in [1.807, 2.05) is 24.3 Å². The first-order valence-electron chi connectivity index (χ1n) is 8.20. The molecule has 3 heteroatoms. The van der Waals surface area contributed by atoms with Crippen molar-refractivity contribution in [2.45, 2.75) is 26.9 Å². The highest BCUT2D eigenvalue weighted by atomic mass is 16.3. The minimum Gasteiger partial charge on any atom is -0.463 e. The van der Waals surface area contributed by atoms with Crippen molar-refractivity contribution in [3.63, 3.8) is 0 Å². The molecule has 0 spiro atoms. The van der Waals surface area contributed by atoms with Gasteiger partial charge in [-0.25, -0.2) is 0 Å². The van der Waals surface area contributed by atoms with Crippen LogP contribution in [0, 0.1) is 13.8 Å². The number of anilines is 1. The Morgan fingerprint density at radius 3 is 2.21 bits per heavy atom. The third-order valence-corrected chi connectivity index (χ3v) is 4.64. The van der Waals surface area contributed by atoms with Crippen molar-refractivity contribution in [2.24, 2.45) is 4.99 Å². The molecule has 0 unspecified atom stereocenters. The van der Waals surface area contributed by atoms with Crippen LogP contribution in [0.2, 0.25) is 0 Å². The maximum absolute atomic E-state index is 5.26. The largest absolute Gasteiger partial charge is 0.463 e. The van der Waals surface area contributed by atoms with Gasteiger partial charge in [0.15, 0.2) is 0 Å². The topological polar surface area (TPSA) is 28.7 Å². The van der Waals surface area contributed by atoms with E-state index in [4.69, 9.17) is 4.42 Å². The molecule has 0 amide bonds. The van der Waals surface area contributed by atoms with E-state index < -0.39 is 0 Å². The van der Waals surface area contributed by atoms with Gasteiger partial charge in [0, 0.05) is 18.8 Å². The van der Waals surface area contributed by atoms with Gasteiger partial charge < -0.3 is 9.32 Å². The number of aryl methyl sites for hydroxylation is 2. The van der Waals surface area contributed by atoms with E-state index in [1.165, 1.54) is 27.9 Å². The summed E-state index contributed by atoms with van der Waals surface area (Å²) in [7, 11) is 0. The van der Waals surface area contributed by atoms with Crippen molar-refractivity contribution in [3.8, 4) is 0 Å². The molecule has 0 fully saturated rings. The Kier molecular flexibility index (Phi) is 3.69. The fraction of sp³-hybridized carbons (Fsp3) is 0.190. The maximum Gasteiger partial charge on any atom is 0.144 e. The van der Waals surface area contributed by atoms with E-state index in [1.54, 1.807) is 12.5 Å². The number of rotatable bonds is 3. The quantitative estimate of drug-likeness (QED) is 0.624. The van der Waals surface area contributed by atoms with Gasteiger partial charge in [0.25, 0.3) is 0 Å². The third kappa shape index (κ3) is 2.85. The highest BCUT2D eigenvalue weighted by molar-refractivity contribution is 5.78. The average molecular weight is 316 g/mol. The molecular formula is C21H20N2O. The molecule has 3 aromatic rings. The van der Waals surface area contributed by atoms with Crippen LogP contribution in [0.15, 0.2) is 64.2 Å². The maximum atomic E-state index is 5.26. The summed E-state index contributed by atoms with van der Waals surface area (Å²) >= 11 is 0. The van der Waals surface area contributed by atoms with Crippen LogP contribution in [-0.4, -0.2) is 6.21 Å². The molecule has 1 aliphatic rings. The molecular weight excluding hydrogens is 296 g/mol. The van der Waals surface area contributed by atoms with Crippen LogP contribution < -0.4 is 4.90 Å². The van der Waals surface area contributed by atoms with Gasteiger partial charge in [0.2, 0.25) is 0 Å². The van der Waals surface area contributed by atoms with E-state index in [0.29, 0.717) is 0 Å². The minimum atomic E-state index is 0.764. The highest BCUT2D eigenvalue weighted by Gasteiger charge is 2.19. The Labute approximate surface area is 142 Å². The normalized spacial score (nSPS) is 13.7. The number of fused-ring (bicyclic) bond motifs is 1. The molecule has 0 saturated carbocycles. The lowest BCUT2D eigenvalue weighted by molar-refractivity contribution is 0.560. The molecule has 0 N–H and O–H groups in total. The SMILES string of the molecule is Cc1cc2c(cc1C)CN(c1ccc(N=Cc3ccco3)cc1)C2. The van der Waals surface area contributed by atoms with E-state index in [-0.39, 0.29) is 0 Å². The van der Waals surface area contributed by atoms with E-state index in [0.717, 1.165) is 24.5 Å². The van der Waals surface area contributed by atoms with Crippen LogP contribution in [0.4, 0.5) is 11.4 Å². The first-order valence-corrected chi connectivity index (χ1v) is 8.20. The van der Waals surface area contributed by atoms with Gasteiger partial charge >= 0.3 is 0 Å². The summed E-state index contributed by atoms with van der Waals surface area (Å²) in [6.07, 6.45) is 3.39. The molecule has 0 saturated heterocycles. The summed E-state index contributed by atoms with van der Waals surface area (Å²) in [5.74, 6) is 0.764. The Balaban J connectivity index is 1.50. The van der Waals surface area contributed by atoms with Gasteiger partial charge in [-0.15, -0.1) is 0 Å². The molecule has 0 aliphatic carbocycles. The fourth-order valence-electron chi connectivity index (χ4n) is 3.13. The summed E-state index contributed by atoms with van der Waals surface area (Å²) in [5, 5.41) is 0. The van der Waals surface area contributed by atoms with Gasteiger partial charge in [-0.1, -0.05) is 12.1 Å². The molecule has 0 bridgehead atoms. The smallest absolute Gasteiger partial charge is 0.144 e. The van der Waals surface area contributed by atoms with Crippen LogP contribution in [0.3, 0.4) is 0 Å². The number of benzene rings is 2. The predicted octanol–water partition coefficient (Wildman–Crippen LogP) is 5.17. The van der Waals surface area contributed by atoms with Crippen LogP contribution in [0.5, 0.6) is 0 Å². The summed E-state index contributed by atoms with van der Waals surface area (Å²) < 4.78 is 5.26. The lowest BCUT2D eigenvalue weighted by atomic mass is 10.0. The Hall–Kier alpha value is -2.81. The molecule has 0 radical (unpaired) electrons. The van der Waals surface area contributed by atoms with Gasteiger partial charge in [-0.2, -0.15) is 0 Å². The summed E-state index contributed by atoms with van der Waals surface area (Å²) in [6, 6.07) is 16.8. The van der Waals surface area contributed by atoms with Crippen molar-refractivity contribution >= 4 is 17.6 Å². The number of hydrogen-bond acceptors (Lipinski definition) is 3. The molecule has 0 atom stereocenters. The van der Waals surface area contributed by atoms with Gasteiger partial charge in [0.05, 0.1) is 18.2 Å². The second kappa shape index (κ2) is 6.00. The first-order chi connectivity index (χ1) is 11.7. The average Bonchev–Trinajstić information content (AvgIpc) is 3.23. The van der Waals surface area contributed by atoms with Crippen molar-refractivity contribution in [1.29, 1.82) is 0 Å². The summed E-state index contributed by atoms with van der Waals surface area (Å²) in [4.78, 5) is 6.85. The first kappa shape index (κ1) is 14.8. The molecule has 24 heavy (non-hydrogen) atoms. The van der Waals surface area contributed by atoms with Gasteiger partial charge in [0.1, 0.15) is 5.76 Å². The van der Waals surface area contributed by atoms with Crippen molar-refractivity contribution in [3.05, 3.63) is 82.8 Å². The Bertz CT molecular complexity index is 846. The van der Waals surface area contributed by atoms with Crippen LogP contribution in [0.1, 0.15) is 28.0 Å². The second-order valence-corrected chi connectivity index (χ2v) is 6.35. The number of nitrogens with zero attached hydrogens (tertiary/aromatic N) is 2. The molecule has 120 valence electrons. The van der Waals surface area contributed by atoms with Crippen LogP contribution in [-0.2, 0) is 13.1 Å². The van der Waals surface area contributed by atoms with Crippen molar-refractivity contribution in [2.75, 3.05) is 4.90 Å². The van der Waals surface area contributed by atoms with E-state index in [9.17, 15) is 0 Å². The number of aliphatic imine (C=N–C) groups is 1. The van der Waals surface area contributed by atoms with Crippen molar-refractivity contribution in [1.82, 2.24) is 0 Å². The highest BCUT2D eigenvalue weighted by Crippen LogP contribution is 2.31. The second-order valence-electron chi connectivity index (χ2n) is 6.35. The minimum absolute atomic E-state index is 0.764. The molecule has 3 nitrogen and oxygen atoms in total. The Morgan fingerprint density at radius 1 is 0.958 bits per heavy atom.